The number of aromatic amines is 2. The summed E-state index contributed by atoms with van der Waals surface area (Å²) in [6, 6.07) is 14.3. The van der Waals surface area contributed by atoms with Gasteiger partial charge in [-0.1, -0.05) is 32.0 Å². The molecule has 15 nitrogen and oxygen atoms in total. The number of carbonyl (C=O) groups excluding carboxylic acids is 4. The highest BCUT2D eigenvalue weighted by molar-refractivity contribution is 6.09. The number of H-pyrrole nitrogens is 2. The van der Waals surface area contributed by atoms with E-state index in [1.807, 2.05) is 38.1 Å². The second kappa shape index (κ2) is 15.8. The Kier molecular flexibility index (Phi) is 10.9. The summed E-state index contributed by atoms with van der Waals surface area (Å²) in [5, 5.41) is 6.76. The van der Waals surface area contributed by atoms with E-state index in [1.54, 1.807) is 16.0 Å². The van der Waals surface area contributed by atoms with Gasteiger partial charge in [-0.2, -0.15) is 0 Å². The van der Waals surface area contributed by atoms with Gasteiger partial charge in [-0.25, -0.2) is 19.6 Å². The molecular weight excluding hydrogens is 668 g/mol. The third-order valence-electron chi connectivity index (χ3n) is 8.87. The third-order valence-corrected chi connectivity index (χ3v) is 8.87. The van der Waals surface area contributed by atoms with Crippen LogP contribution in [0.5, 0.6) is 5.75 Å². The molecule has 3 heterocycles. The fourth-order valence-corrected chi connectivity index (χ4v) is 6.38. The van der Waals surface area contributed by atoms with Crippen LogP contribution in [0.2, 0.25) is 0 Å². The molecule has 4 amide bonds. The van der Waals surface area contributed by atoms with Crippen molar-refractivity contribution < 1.29 is 33.4 Å². The van der Waals surface area contributed by atoms with Gasteiger partial charge in [0.2, 0.25) is 11.8 Å². The maximum Gasteiger partial charge on any atom is 0.407 e. The number of ether oxygens (including phenoxy) is 3. The molecule has 4 N–H and O–H groups in total. The second-order valence-corrected chi connectivity index (χ2v) is 12.4. The Hall–Kier alpha value is -6.12. The number of imidazole rings is 2. The SMILES string of the molecule is CCCN(Cc1ncc(-c2ccc3c(c2)COc2c-3ccc3c2ccc2[nH]c(CN(CCC)C(=O)CNC(=O)OC)nc23)[nH]1)C(=O)CNC(=O)OC. The molecule has 0 saturated carbocycles. The van der Waals surface area contributed by atoms with Crippen molar-refractivity contribution >= 4 is 45.8 Å². The van der Waals surface area contributed by atoms with Gasteiger partial charge >= 0.3 is 12.2 Å². The van der Waals surface area contributed by atoms with Gasteiger partial charge in [0.15, 0.2) is 0 Å². The number of methoxy groups -OCH3 is 2. The van der Waals surface area contributed by atoms with Crippen molar-refractivity contribution in [3.8, 4) is 28.1 Å². The number of amides is 4. The van der Waals surface area contributed by atoms with Gasteiger partial charge in [0.05, 0.1) is 50.2 Å². The molecule has 0 fully saturated rings. The van der Waals surface area contributed by atoms with E-state index in [2.05, 4.69) is 53.3 Å². The van der Waals surface area contributed by atoms with Crippen molar-refractivity contribution in [3.05, 3.63) is 65.9 Å². The minimum absolute atomic E-state index is 0.158. The summed E-state index contributed by atoms with van der Waals surface area (Å²) in [5.41, 5.74) is 6.46. The van der Waals surface area contributed by atoms with Crippen molar-refractivity contribution in [2.45, 2.75) is 46.4 Å². The molecule has 0 spiro atoms. The molecular formula is C37H42N8O7. The molecule has 0 radical (unpaired) electrons. The smallest absolute Gasteiger partial charge is 0.407 e. The minimum atomic E-state index is -0.658. The van der Waals surface area contributed by atoms with E-state index in [-0.39, 0.29) is 38.0 Å². The monoisotopic (exact) mass is 710 g/mol. The molecule has 1 aliphatic heterocycles. The zero-order valence-electron chi connectivity index (χ0n) is 29.6. The van der Waals surface area contributed by atoms with Gasteiger partial charge in [-0.15, -0.1) is 0 Å². The Bertz CT molecular complexity index is 2120. The number of nitrogens with zero attached hydrogens (tertiary/aromatic N) is 4. The number of aromatic nitrogens is 4. The minimum Gasteiger partial charge on any atom is -0.488 e. The highest BCUT2D eigenvalue weighted by atomic mass is 16.5. The van der Waals surface area contributed by atoms with Crippen molar-refractivity contribution in [1.29, 1.82) is 0 Å². The Labute approximate surface area is 300 Å². The number of rotatable bonds is 13. The fourth-order valence-electron chi connectivity index (χ4n) is 6.38. The summed E-state index contributed by atoms with van der Waals surface area (Å²) in [7, 11) is 2.51. The summed E-state index contributed by atoms with van der Waals surface area (Å²) in [6.07, 6.45) is 1.95. The van der Waals surface area contributed by atoms with Crippen molar-refractivity contribution in [2.75, 3.05) is 40.4 Å². The lowest BCUT2D eigenvalue weighted by molar-refractivity contribution is -0.131. The van der Waals surface area contributed by atoms with Crippen LogP contribution in [0.25, 0.3) is 44.2 Å². The van der Waals surface area contributed by atoms with Crippen LogP contribution in [0.4, 0.5) is 9.59 Å². The largest absolute Gasteiger partial charge is 0.488 e. The van der Waals surface area contributed by atoms with Gasteiger partial charge in [0.1, 0.15) is 37.1 Å². The fraction of sp³-hybridized carbons (Fsp3) is 0.351. The number of hydrogen-bond acceptors (Lipinski definition) is 9. The lowest BCUT2D eigenvalue weighted by atomic mass is 9.92. The number of hydrogen-bond donors (Lipinski definition) is 4. The normalized spacial score (nSPS) is 11.7. The topological polar surface area (TPSA) is 184 Å². The van der Waals surface area contributed by atoms with E-state index in [1.165, 1.54) is 14.2 Å². The molecule has 0 atom stereocenters. The molecule has 52 heavy (non-hydrogen) atoms. The van der Waals surface area contributed by atoms with E-state index in [0.717, 1.165) is 68.3 Å². The average molecular weight is 711 g/mol. The van der Waals surface area contributed by atoms with Crippen LogP contribution in [-0.4, -0.2) is 94.1 Å². The van der Waals surface area contributed by atoms with Crippen LogP contribution < -0.4 is 15.4 Å². The Morgan fingerprint density at radius 2 is 1.44 bits per heavy atom. The van der Waals surface area contributed by atoms with Gasteiger partial charge in [0.25, 0.3) is 0 Å². The van der Waals surface area contributed by atoms with Crippen LogP contribution in [0.1, 0.15) is 43.9 Å². The molecule has 272 valence electrons. The van der Waals surface area contributed by atoms with E-state index in [0.29, 0.717) is 31.3 Å². The number of nitrogens with one attached hydrogen (secondary N) is 4. The summed E-state index contributed by atoms with van der Waals surface area (Å²) in [5.74, 6) is 1.60. The van der Waals surface area contributed by atoms with Gasteiger partial charge in [-0.3, -0.25) is 9.59 Å². The quantitative estimate of drug-likeness (QED) is 0.133. The Morgan fingerprint density at radius 3 is 2.10 bits per heavy atom. The van der Waals surface area contributed by atoms with Gasteiger partial charge in [-0.05, 0) is 53.8 Å². The highest BCUT2D eigenvalue weighted by Crippen LogP contribution is 2.44. The highest BCUT2D eigenvalue weighted by Gasteiger charge is 2.23. The molecule has 1 aliphatic rings. The van der Waals surface area contributed by atoms with Gasteiger partial charge in [0, 0.05) is 29.4 Å². The van der Waals surface area contributed by atoms with E-state index >= 15 is 0 Å². The third kappa shape index (κ3) is 7.62. The second-order valence-electron chi connectivity index (χ2n) is 12.4. The Morgan fingerprint density at radius 1 is 0.808 bits per heavy atom. The van der Waals surface area contributed by atoms with Crippen LogP contribution in [-0.2, 0) is 38.8 Å². The first-order chi connectivity index (χ1) is 25.2. The zero-order valence-corrected chi connectivity index (χ0v) is 29.6. The van der Waals surface area contributed by atoms with Crippen molar-refractivity contribution in [1.82, 2.24) is 40.4 Å². The molecule has 0 aliphatic carbocycles. The lowest BCUT2D eigenvalue weighted by Gasteiger charge is -2.23. The maximum atomic E-state index is 12.8. The lowest BCUT2D eigenvalue weighted by Crippen LogP contribution is -2.40. The van der Waals surface area contributed by atoms with Crippen LogP contribution in [0.3, 0.4) is 0 Å². The Balaban J connectivity index is 1.20. The first kappa shape index (κ1) is 35.7. The number of fused-ring (bicyclic) bond motifs is 7. The standard InChI is InChI=1S/C37H42N8O7/c1-5-13-44(32(46)17-39-36(48)50-3)19-30-38-16-29(42-30)22-7-8-24-23(15-22)21-52-35-26(24)10-9-25-27(35)11-12-28-34(25)43-31(41-28)20-45(14-6-2)33(47)18-40-37(49)51-4/h7-12,15-16H,5-6,13-14,17-21H2,1-4H3,(H,38,42)(H,39,48)(H,40,49)(H,41,43). The molecule has 0 saturated heterocycles. The maximum absolute atomic E-state index is 12.8. The van der Waals surface area contributed by atoms with E-state index in [9.17, 15) is 19.2 Å². The summed E-state index contributed by atoms with van der Waals surface area (Å²) in [6.45, 7) is 5.60. The van der Waals surface area contributed by atoms with Crippen molar-refractivity contribution in [2.24, 2.45) is 0 Å². The molecule has 5 aromatic rings. The molecule has 15 heteroatoms. The van der Waals surface area contributed by atoms with E-state index < -0.39 is 12.2 Å². The number of alkyl carbamates (subject to hydrolysis) is 2. The molecule has 0 unspecified atom stereocenters. The van der Waals surface area contributed by atoms with Gasteiger partial charge < -0.3 is 44.6 Å². The molecule has 6 rings (SSSR count). The first-order valence-corrected chi connectivity index (χ1v) is 17.2. The number of benzene rings is 3. The van der Waals surface area contributed by atoms with Crippen LogP contribution in [0.15, 0.2) is 48.7 Å². The molecule has 3 aromatic carbocycles. The first-order valence-electron chi connectivity index (χ1n) is 17.2. The molecule has 2 aromatic heterocycles. The summed E-state index contributed by atoms with van der Waals surface area (Å²) >= 11 is 0. The zero-order chi connectivity index (χ0) is 36.8. The molecule has 0 bridgehead atoms. The summed E-state index contributed by atoms with van der Waals surface area (Å²) in [4.78, 5) is 67.9. The predicted octanol–water partition coefficient (Wildman–Crippen LogP) is 4.85. The summed E-state index contributed by atoms with van der Waals surface area (Å²) < 4.78 is 15.6. The van der Waals surface area contributed by atoms with Crippen LogP contribution in [0, 0.1) is 0 Å². The van der Waals surface area contributed by atoms with E-state index in [4.69, 9.17) is 9.72 Å². The number of carbonyl (C=O) groups is 4. The average Bonchev–Trinajstić information content (AvgIpc) is 3.81. The van der Waals surface area contributed by atoms with Crippen molar-refractivity contribution in [3.63, 3.8) is 0 Å². The van der Waals surface area contributed by atoms with Crippen LogP contribution >= 0.6 is 0 Å². The predicted molar refractivity (Wildman–Crippen MR) is 193 cm³/mol.